The molecule has 6 heteroatoms. The highest BCUT2D eigenvalue weighted by atomic mass is 32.2. The maximum Gasteiger partial charge on any atom is 0.226 e. The smallest absolute Gasteiger partial charge is 0.226 e. The zero-order valence-corrected chi connectivity index (χ0v) is 12.9. The Balaban J connectivity index is 1.63. The molecule has 2 aliphatic rings. The number of aromatic nitrogens is 2. The number of rotatable bonds is 6. The fourth-order valence-corrected chi connectivity index (χ4v) is 4.14. The molecule has 0 aromatic carbocycles. The number of thioether (sulfide) groups is 1. The summed E-state index contributed by atoms with van der Waals surface area (Å²) < 4.78 is 11.0. The van der Waals surface area contributed by atoms with Gasteiger partial charge in [0.25, 0.3) is 0 Å². The second kappa shape index (κ2) is 6.91. The van der Waals surface area contributed by atoms with Crippen molar-refractivity contribution in [1.29, 1.82) is 0 Å². The standard InChI is InChI=1S/C14H23N3O2S/c1-2-14-15-13(16-19-14)9-17(11-5-7-20-10-11)8-12-4-3-6-18-12/h11-12H,2-10H2,1H3/t11-,12-/m0/s1. The minimum Gasteiger partial charge on any atom is -0.377 e. The monoisotopic (exact) mass is 297 g/mol. The third-order valence-corrected chi connectivity index (χ3v) is 5.19. The Morgan fingerprint density at radius 2 is 2.35 bits per heavy atom. The van der Waals surface area contributed by atoms with E-state index >= 15 is 0 Å². The summed E-state index contributed by atoms with van der Waals surface area (Å²) in [5, 5.41) is 4.10. The van der Waals surface area contributed by atoms with Gasteiger partial charge >= 0.3 is 0 Å². The molecule has 3 heterocycles. The van der Waals surface area contributed by atoms with Crippen LogP contribution in [0.15, 0.2) is 4.52 Å². The molecule has 0 radical (unpaired) electrons. The Kier molecular flexibility index (Phi) is 4.96. The van der Waals surface area contributed by atoms with Crippen molar-refractivity contribution in [3.05, 3.63) is 11.7 Å². The van der Waals surface area contributed by atoms with Crippen LogP contribution in [0.1, 0.15) is 37.9 Å². The molecule has 0 amide bonds. The van der Waals surface area contributed by atoms with Gasteiger partial charge in [-0.05, 0) is 25.0 Å². The lowest BCUT2D eigenvalue weighted by atomic mass is 10.1. The summed E-state index contributed by atoms with van der Waals surface area (Å²) in [6.07, 6.45) is 4.83. The van der Waals surface area contributed by atoms with Crippen LogP contribution in [0.3, 0.4) is 0 Å². The van der Waals surface area contributed by atoms with Gasteiger partial charge in [0.1, 0.15) is 0 Å². The molecule has 0 N–H and O–H groups in total. The van der Waals surface area contributed by atoms with E-state index < -0.39 is 0 Å². The molecule has 0 saturated carbocycles. The fraction of sp³-hybridized carbons (Fsp3) is 0.857. The van der Waals surface area contributed by atoms with E-state index in [9.17, 15) is 0 Å². The van der Waals surface area contributed by atoms with Crippen LogP contribution >= 0.6 is 11.8 Å². The lowest BCUT2D eigenvalue weighted by Gasteiger charge is -2.29. The first-order valence-corrected chi connectivity index (χ1v) is 8.75. The Hall–Kier alpha value is -0.590. The molecule has 2 saturated heterocycles. The highest BCUT2D eigenvalue weighted by molar-refractivity contribution is 7.99. The molecular weight excluding hydrogens is 274 g/mol. The van der Waals surface area contributed by atoms with Crippen LogP contribution in [-0.2, 0) is 17.7 Å². The molecule has 2 atom stereocenters. The van der Waals surface area contributed by atoms with E-state index in [0.29, 0.717) is 12.1 Å². The quantitative estimate of drug-likeness (QED) is 0.801. The first-order chi connectivity index (χ1) is 9.85. The minimum absolute atomic E-state index is 0.387. The predicted octanol–water partition coefficient (Wildman–Crippen LogP) is 2.12. The van der Waals surface area contributed by atoms with Crippen molar-refractivity contribution in [3.63, 3.8) is 0 Å². The average Bonchev–Trinajstić information content (AvgIpc) is 3.21. The van der Waals surface area contributed by atoms with Crippen LogP contribution in [0, 0.1) is 0 Å². The zero-order valence-electron chi connectivity index (χ0n) is 12.1. The first-order valence-electron chi connectivity index (χ1n) is 7.60. The van der Waals surface area contributed by atoms with E-state index in [1.807, 2.05) is 18.7 Å². The van der Waals surface area contributed by atoms with E-state index in [0.717, 1.165) is 37.8 Å². The van der Waals surface area contributed by atoms with Crippen LogP contribution in [-0.4, -0.2) is 51.8 Å². The highest BCUT2D eigenvalue weighted by Crippen LogP contribution is 2.25. The molecule has 2 aliphatic heterocycles. The average molecular weight is 297 g/mol. The Bertz CT molecular complexity index is 414. The van der Waals surface area contributed by atoms with Gasteiger partial charge in [0, 0.05) is 31.4 Å². The maximum absolute atomic E-state index is 5.79. The number of nitrogens with zero attached hydrogens (tertiary/aromatic N) is 3. The van der Waals surface area contributed by atoms with Gasteiger partial charge in [-0.2, -0.15) is 16.7 Å². The third-order valence-electron chi connectivity index (χ3n) is 4.04. The van der Waals surface area contributed by atoms with Crippen LogP contribution in [0.25, 0.3) is 0 Å². The molecule has 20 heavy (non-hydrogen) atoms. The van der Waals surface area contributed by atoms with Crippen molar-refractivity contribution in [2.45, 2.75) is 51.3 Å². The number of aryl methyl sites for hydroxylation is 1. The summed E-state index contributed by atoms with van der Waals surface area (Å²) in [5.41, 5.74) is 0. The summed E-state index contributed by atoms with van der Waals surface area (Å²) in [5.74, 6) is 4.03. The molecule has 1 aromatic rings. The van der Waals surface area contributed by atoms with Gasteiger partial charge in [0.2, 0.25) is 5.89 Å². The van der Waals surface area contributed by atoms with Crippen molar-refractivity contribution < 1.29 is 9.26 Å². The molecule has 1 aromatic heterocycles. The normalized spacial score (nSPS) is 26.7. The molecule has 0 spiro atoms. The van der Waals surface area contributed by atoms with E-state index in [1.165, 1.54) is 30.8 Å². The predicted molar refractivity (Wildman–Crippen MR) is 78.8 cm³/mol. The van der Waals surface area contributed by atoms with Gasteiger partial charge in [0.05, 0.1) is 12.6 Å². The topological polar surface area (TPSA) is 51.4 Å². The number of hydrogen-bond donors (Lipinski definition) is 0. The van der Waals surface area contributed by atoms with E-state index in [4.69, 9.17) is 9.26 Å². The van der Waals surface area contributed by atoms with Gasteiger partial charge in [-0.1, -0.05) is 12.1 Å². The van der Waals surface area contributed by atoms with E-state index in [2.05, 4.69) is 15.0 Å². The molecule has 0 bridgehead atoms. The van der Waals surface area contributed by atoms with Crippen molar-refractivity contribution in [3.8, 4) is 0 Å². The Labute approximate surface area is 124 Å². The summed E-state index contributed by atoms with van der Waals surface area (Å²) in [7, 11) is 0. The van der Waals surface area contributed by atoms with Crippen LogP contribution in [0.5, 0.6) is 0 Å². The fourth-order valence-electron chi connectivity index (χ4n) is 2.88. The highest BCUT2D eigenvalue weighted by Gasteiger charge is 2.28. The van der Waals surface area contributed by atoms with Crippen molar-refractivity contribution in [2.75, 3.05) is 24.7 Å². The summed E-state index contributed by atoms with van der Waals surface area (Å²) in [4.78, 5) is 6.95. The van der Waals surface area contributed by atoms with Crippen LogP contribution in [0.4, 0.5) is 0 Å². The van der Waals surface area contributed by atoms with Crippen molar-refractivity contribution in [2.24, 2.45) is 0 Å². The number of ether oxygens (including phenoxy) is 1. The van der Waals surface area contributed by atoms with Crippen LogP contribution in [0.2, 0.25) is 0 Å². The van der Waals surface area contributed by atoms with Crippen molar-refractivity contribution >= 4 is 11.8 Å². The van der Waals surface area contributed by atoms with E-state index in [1.54, 1.807) is 0 Å². The van der Waals surface area contributed by atoms with Gasteiger partial charge in [-0.3, -0.25) is 4.90 Å². The minimum atomic E-state index is 0.387. The molecular formula is C14H23N3O2S. The number of hydrogen-bond acceptors (Lipinski definition) is 6. The van der Waals surface area contributed by atoms with Gasteiger partial charge < -0.3 is 9.26 Å². The second-order valence-corrected chi connectivity index (χ2v) is 6.69. The zero-order chi connectivity index (χ0) is 13.8. The lowest BCUT2D eigenvalue weighted by molar-refractivity contribution is 0.0561. The maximum atomic E-state index is 5.79. The van der Waals surface area contributed by atoms with Gasteiger partial charge in [-0.25, -0.2) is 0 Å². The lowest BCUT2D eigenvalue weighted by Crippen LogP contribution is -2.40. The second-order valence-electron chi connectivity index (χ2n) is 5.54. The molecule has 112 valence electrons. The van der Waals surface area contributed by atoms with Crippen molar-refractivity contribution in [1.82, 2.24) is 15.0 Å². The van der Waals surface area contributed by atoms with Gasteiger partial charge in [0.15, 0.2) is 5.82 Å². The molecule has 5 nitrogen and oxygen atoms in total. The van der Waals surface area contributed by atoms with E-state index in [-0.39, 0.29) is 0 Å². The first kappa shape index (κ1) is 14.4. The third kappa shape index (κ3) is 3.54. The summed E-state index contributed by atoms with van der Waals surface area (Å²) in [6, 6.07) is 0.632. The Morgan fingerprint density at radius 1 is 1.40 bits per heavy atom. The molecule has 3 rings (SSSR count). The molecule has 0 unspecified atom stereocenters. The van der Waals surface area contributed by atoms with Gasteiger partial charge in [-0.15, -0.1) is 0 Å². The summed E-state index contributed by atoms with van der Waals surface area (Å²) in [6.45, 7) is 4.74. The summed E-state index contributed by atoms with van der Waals surface area (Å²) >= 11 is 2.04. The molecule has 2 fully saturated rings. The molecule has 0 aliphatic carbocycles. The van der Waals surface area contributed by atoms with Crippen LogP contribution < -0.4 is 0 Å². The Morgan fingerprint density at radius 3 is 3.00 bits per heavy atom. The largest absolute Gasteiger partial charge is 0.377 e. The SMILES string of the molecule is CCc1nc(CN(C[C@@H]2CCCO2)[C@H]2CCSC2)no1.